The van der Waals surface area contributed by atoms with Crippen LogP contribution in [0.4, 0.5) is 5.69 Å². The Morgan fingerprint density at radius 3 is 2.32 bits per heavy atom. The second-order valence-corrected chi connectivity index (χ2v) is 5.75. The standard InChI is InChI=1S/C16H21N3O3/c1-10-4-2-3-5-13(10)18-15(21)16(22)19-14(20)11-6-8-12(17)9-7-11/h6-10,13H,2-5,17H2,1H3,(H,18,21)(H,19,20,22). The van der Waals surface area contributed by atoms with Gasteiger partial charge in [-0.25, -0.2) is 0 Å². The average Bonchev–Trinajstić information content (AvgIpc) is 2.50. The predicted octanol–water partition coefficient (Wildman–Crippen LogP) is 1.22. The zero-order chi connectivity index (χ0) is 16.1. The van der Waals surface area contributed by atoms with Crippen molar-refractivity contribution in [2.45, 2.75) is 38.6 Å². The number of nitrogens with two attached hydrogens (primary N) is 1. The van der Waals surface area contributed by atoms with Gasteiger partial charge in [0.05, 0.1) is 0 Å². The molecule has 0 heterocycles. The lowest BCUT2D eigenvalue weighted by molar-refractivity contribution is -0.139. The molecule has 118 valence electrons. The van der Waals surface area contributed by atoms with Gasteiger partial charge in [-0.3, -0.25) is 19.7 Å². The molecule has 0 saturated heterocycles. The number of anilines is 1. The van der Waals surface area contributed by atoms with E-state index >= 15 is 0 Å². The molecule has 0 bridgehead atoms. The minimum absolute atomic E-state index is 0.00127. The van der Waals surface area contributed by atoms with Crippen molar-refractivity contribution in [1.82, 2.24) is 10.6 Å². The van der Waals surface area contributed by atoms with E-state index in [0.717, 1.165) is 25.7 Å². The number of carbonyl (C=O) groups is 3. The fraction of sp³-hybridized carbons (Fsp3) is 0.438. The molecule has 0 aliphatic heterocycles. The maximum atomic E-state index is 11.9. The number of carbonyl (C=O) groups excluding carboxylic acids is 3. The molecule has 2 rings (SSSR count). The molecule has 2 unspecified atom stereocenters. The van der Waals surface area contributed by atoms with E-state index in [2.05, 4.69) is 17.6 Å². The summed E-state index contributed by atoms with van der Waals surface area (Å²) < 4.78 is 0. The second kappa shape index (κ2) is 7.06. The van der Waals surface area contributed by atoms with E-state index in [1.165, 1.54) is 12.1 Å². The number of nitrogen functional groups attached to an aromatic ring is 1. The van der Waals surface area contributed by atoms with Crippen LogP contribution in [0.5, 0.6) is 0 Å². The Balaban J connectivity index is 1.89. The summed E-state index contributed by atoms with van der Waals surface area (Å²) in [6, 6.07) is 6.11. The van der Waals surface area contributed by atoms with Crippen LogP contribution in [0.25, 0.3) is 0 Å². The lowest BCUT2D eigenvalue weighted by atomic mass is 9.86. The summed E-state index contributed by atoms with van der Waals surface area (Å²) in [5.41, 5.74) is 6.33. The van der Waals surface area contributed by atoms with E-state index in [9.17, 15) is 14.4 Å². The first-order chi connectivity index (χ1) is 10.5. The van der Waals surface area contributed by atoms with Crippen molar-refractivity contribution in [3.8, 4) is 0 Å². The summed E-state index contributed by atoms with van der Waals surface area (Å²) in [6.45, 7) is 2.06. The molecule has 4 N–H and O–H groups in total. The van der Waals surface area contributed by atoms with Gasteiger partial charge >= 0.3 is 11.8 Å². The fourth-order valence-electron chi connectivity index (χ4n) is 2.63. The summed E-state index contributed by atoms with van der Waals surface area (Å²) in [7, 11) is 0. The maximum absolute atomic E-state index is 11.9. The zero-order valence-electron chi connectivity index (χ0n) is 12.6. The molecule has 1 aliphatic rings. The lowest BCUT2D eigenvalue weighted by Crippen LogP contribution is -2.48. The van der Waals surface area contributed by atoms with Crippen LogP contribution >= 0.6 is 0 Å². The van der Waals surface area contributed by atoms with E-state index in [0.29, 0.717) is 11.6 Å². The number of nitrogens with one attached hydrogen (secondary N) is 2. The highest BCUT2D eigenvalue weighted by Crippen LogP contribution is 2.23. The molecule has 0 aromatic heterocycles. The third-order valence-electron chi connectivity index (χ3n) is 4.03. The summed E-state index contributed by atoms with van der Waals surface area (Å²) in [6.07, 6.45) is 4.10. The van der Waals surface area contributed by atoms with Gasteiger partial charge < -0.3 is 11.1 Å². The van der Waals surface area contributed by atoms with E-state index in [-0.39, 0.29) is 11.6 Å². The SMILES string of the molecule is CC1CCCCC1NC(=O)C(=O)NC(=O)c1ccc(N)cc1. The largest absolute Gasteiger partial charge is 0.399 e. The quantitative estimate of drug-likeness (QED) is 0.565. The van der Waals surface area contributed by atoms with Crippen LogP contribution in [0.3, 0.4) is 0 Å². The van der Waals surface area contributed by atoms with E-state index < -0.39 is 17.7 Å². The van der Waals surface area contributed by atoms with Crippen LogP contribution in [0, 0.1) is 5.92 Å². The summed E-state index contributed by atoms with van der Waals surface area (Å²) in [4.78, 5) is 35.6. The number of hydrogen-bond acceptors (Lipinski definition) is 4. The third kappa shape index (κ3) is 4.07. The van der Waals surface area contributed by atoms with Gasteiger partial charge in [0.25, 0.3) is 5.91 Å². The molecular formula is C16H21N3O3. The van der Waals surface area contributed by atoms with E-state index in [4.69, 9.17) is 5.73 Å². The lowest BCUT2D eigenvalue weighted by Gasteiger charge is -2.29. The van der Waals surface area contributed by atoms with E-state index in [1.807, 2.05) is 0 Å². The first-order valence-corrected chi connectivity index (χ1v) is 7.49. The Bertz CT molecular complexity index is 569. The predicted molar refractivity (Wildman–Crippen MR) is 82.9 cm³/mol. The maximum Gasteiger partial charge on any atom is 0.316 e. The Kier molecular flexibility index (Phi) is 5.14. The van der Waals surface area contributed by atoms with Crippen molar-refractivity contribution in [1.29, 1.82) is 0 Å². The van der Waals surface area contributed by atoms with Crippen LogP contribution in [-0.4, -0.2) is 23.8 Å². The van der Waals surface area contributed by atoms with Gasteiger partial charge in [-0.05, 0) is 43.0 Å². The first-order valence-electron chi connectivity index (χ1n) is 7.49. The van der Waals surface area contributed by atoms with Crippen LogP contribution < -0.4 is 16.4 Å². The fourth-order valence-corrected chi connectivity index (χ4v) is 2.63. The second-order valence-electron chi connectivity index (χ2n) is 5.75. The highest BCUT2D eigenvalue weighted by Gasteiger charge is 2.26. The molecule has 0 radical (unpaired) electrons. The van der Waals surface area contributed by atoms with Crippen LogP contribution in [0.2, 0.25) is 0 Å². The van der Waals surface area contributed by atoms with Crippen molar-refractivity contribution in [2.24, 2.45) is 5.92 Å². The first kappa shape index (κ1) is 16.0. The number of benzene rings is 1. The molecule has 1 aromatic carbocycles. The average molecular weight is 303 g/mol. The Hall–Kier alpha value is -2.37. The molecule has 1 fully saturated rings. The van der Waals surface area contributed by atoms with Crippen molar-refractivity contribution in [2.75, 3.05) is 5.73 Å². The van der Waals surface area contributed by atoms with Crippen molar-refractivity contribution >= 4 is 23.4 Å². The van der Waals surface area contributed by atoms with Gasteiger partial charge in [0.15, 0.2) is 0 Å². The van der Waals surface area contributed by atoms with Gasteiger partial charge in [-0.2, -0.15) is 0 Å². The van der Waals surface area contributed by atoms with Gasteiger partial charge in [0.2, 0.25) is 0 Å². The Labute approximate surface area is 129 Å². The monoisotopic (exact) mass is 303 g/mol. The molecule has 0 spiro atoms. The molecule has 6 heteroatoms. The molecule has 2 atom stereocenters. The number of imide groups is 1. The molecule has 1 aromatic rings. The van der Waals surface area contributed by atoms with Gasteiger partial charge in [0, 0.05) is 17.3 Å². The van der Waals surface area contributed by atoms with Gasteiger partial charge in [-0.1, -0.05) is 19.8 Å². The van der Waals surface area contributed by atoms with Crippen molar-refractivity contribution in [3.63, 3.8) is 0 Å². The number of rotatable bonds is 2. The minimum Gasteiger partial charge on any atom is -0.399 e. The Morgan fingerprint density at radius 2 is 1.68 bits per heavy atom. The third-order valence-corrected chi connectivity index (χ3v) is 4.03. The summed E-state index contributed by atoms with van der Waals surface area (Å²) in [5, 5.41) is 4.80. The van der Waals surface area contributed by atoms with E-state index in [1.54, 1.807) is 12.1 Å². The normalized spacial score (nSPS) is 21.0. The summed E-state index contributed by atoms with van der Waals surface area (Å²) >= 11 is 0. The number of hydrogen-bond donors (Lipinski definition) is 3. The molecule has 22 heavy (non-hydrogen) atoms. The van der Waals surface area contributed by atoms with Crippen LogP contribution in [-0.2, 0) is 9.59 Å². The van der Waals surface area contributed by atoms with Gasteiger partial charge in [-0.15, -0.1) is 0 Å². The molecule has 3 amide bonds. The highest BCUT2D eigenvalue weighted by atomic mass is 16.2. The highest BCUT2D eigenvalue weighted by molar-refractivity contribution is 6.38. The topological polar surface area (TPSA) is 101 Å². The van der Waals surface area contributed by atoms with Crippen molar-refractivity contribution < 1.29 is 14.4 Å². The minimum atomic E-state index is -0.931. The van der Waals surface area contributed by atoms with Crippen molar-refractivity contribution in [3.05, 3.63) is 29.8 Å². The molecule has 1 saturated carbocycles. The van der Waals surface area contributed by atoms with Crippen LogP contribution in [0.1, 0.15) is 43.0 Å². The summed E-state index contributed by atoms with van der Waals surface area (Å²) in [5.74, 6) is -1.96. The Morgan fingerprint density at radius 1 is 1.05 bits per heavy atom. The smallest absolute Gasteiger partial charge is 0.316 e. The number of amides is 3. The molecular weight excluding hydrogens is 282 g/mol. The molecule has 6 nitrogen and oxygen atoms in total. The van der Waals surface area contributed by atoms with Gasteiger partial charge in [0.1, 0.15) is 0 Å². The zero-order valence-corrected chi connectivity index (χ0v) is 12.6. The van der Waals surface area contributed by atoms with Crippen LogP contribution in [0.15, 0.2) is 24.3 Å². The molecule has 1 aliphatic carbocycles.